The van der Waals surface area contributed by atoms with Crippen molar-refractivity contribution in [3.05, 3.63) is 33.9 Å². The number of nitrogens with zero attached hydrogens (tertiary/aromatic N) is 3. The maximum atomic E-state index is 12.6. The van der Waals surface area contributed by atoms with Crippen molar-refractivity contribution in [1.82, 2.24) is 10.2 Å². The van der Waals surface area contributed by atoms with Gasteiger partial charge in [0.15, 0.2) is 0 Å². The highest BCUT2D eigenvalue weighted by atomic mass is 19.4. The van der Waals surface area contributed by atoms with Crippen LogP contribution in [0.2, 0.25) is 0 Å². The summed E-state index contributed by atoms with van der Waals surface area (Å²) >= 11 is 0. The Kier molecular flexibility index (Phi) is 5.51. The lowest BCUT2D eigenvalue weighted by molar-refractivity contribution is -0.384. The van der Waals surface area contributed by atoms with Gasteiger partial charge in [-0.1, -0.05) is 0 Å². The number of hydrogen-bond donors (Lipinski definition) is 1. The Balaban J connectivity index is 2.22. The SMILES string of the molecule is CNC(=O)c1ccc(N2CCN(CC(F)(F)F)C(C)C2)c([N+](=O)[O-])c1. The number of hydrogen-bond acceptors (Lipinski definition) is 5. The minimum absolute atomic E-state index is 0.148. The molecule has 0 aliphatic carbocycles. The molecule has 0 spiro atoms. The first-order valence-electron chi connectivity index (χ1n) is 7.68. The van der Waals surface area contributed by atoms with E-state index in [4.69, 9.17) is 0 Å². The summed E-state index contributed by atoms with van der Waals surface area (Å²) in [6.07, 6.45) is -4.28. The molecular weight excluding hydrogens is 341 g/mol. The molecule has 1 aliphatic rings. The van der Waals surface area contributed by atoms with Crippen LogP contribution in [0.1, 0.15) is 17.3 Å². The molecule has 1 aliphatic heterocycles. The molecule has 1 heterocycles. The van der Waals surface area contributed by atoms with Gasteiger partial charge in [-0.05, 0) is 19.1 Å². The predicted octanol–water partition coefficient (Wildman–Crippen LogP) is 2.03. The summed E-state index contributed by atoms with van der Waals surface area (Å²) in [6, 6.07) is 3.71. The molecule has 2 rings (SSSR count). The van der Waals surface area contributed by atoms with Crippen molar-refractivity contribution < 1.29 is 22.9 Å². The van der Waals surface area contributed by atoms with E-state index in [0.29, 0.717) is 5.69 Å². The average Bonchev–Trinajstić information content (AvgIpc) is 2.54. The molecule has 138 valence electrons. The molecule has 1 saturated heterocycles. The molecule has 10 heteroatoms. The van der Waals surface area contributed by atoms with Crippen LogP contribution >= 0.6 is 0 Å². The van der Waals surface area contributed by atoms with E-state index in [0.717, 1.165) is 0 Å². The first-order chi connectivity index (χ1) is 11.6. The third kappa shape index (κ3) is 4.59. The fraction of sp³-hybridized carbons (Fsp3) is 0.533. The lowest BCUT2D eigenvalue weighted by Crippen LogP contribution is -2.54. The van der Waals surface area contributed by atoms with Crippen molar-refractivity contribution >= 4 is 17.3 Å². The van der Waals surface area contributed by atoms with Crippen molar-refractivity contribution in [2.24, 2.45) is 0 Å². The molecule has 0 saturated carbocycles. The molecule has 1 atom stereocenters. The summed E-state index contributed by atoms with van der Waals surface area (Å²) in [5.74, 6) is -0.446. The molecule has 7 nitrogen and oxygen atoms in total. The Morgan fingerprint density at radius 1 is 1.40 bits per heavy atom. The van der Waals surface area contributed by atoms with Crippen LogP contribution in [-0.2, 0) is 0 Å². The Morgan fingerprint density at radius 3 is 2.60 bits per heavy atom. The number of benzene rings is 1. The van der Waals surface area contributed by atoms with E-state index in [9.17, 15) is 28.1 Å². The van der Waals surface area contributed by atoms with Gasteiger partial charge in [-0.25, -0.2) is 0 Å². The second-order valence-corrected chi connectivity index (χ2v) is 5.92. The zero-order chi connectivity index (χ0) is 18.8. The van der Waals surface area contributed by atoms with Crippen molar-refractivity contribution in [2.75, 3.05) is 38.1 Å². The number of carbonyl (C=O) groups excluding carboxylic acids is 1. The Morgan fingerprint density at radius 2 is 2.08 bits per heavy atom. The number of carbonyl (C=O) groups is 1. The number of nitrogens with one attached hydrogen (secondary N) is 1. The molecule has 1 fully saturated rings. The summed E-state index contributed by atoms with van der Waals surface area (Å²) < 4.78 is 37.7. The number of nitro groups is 1. The number of nitro benzene ring substituents is 1. The summed E-state index contributed by atoms with van der Waals surface area (Å²) in [7, 11) is 1.42. The molecule has 1 amide bonds. The van der Waals surface area contributed by atoms with Crippen molar-refractivity contribution in [3.8, 4) is 0 Å². The minimum atomic E-state index is -4.28. The highest BCUT2D eigenvalue weighted by molar-refractivity contribution is 5.95. The van der Waals surface area contributed by atoms with E-state index in [-0.39, 0.29) is 30.9 Å². The van der Waals surface area contributed by atoms with Gasteiger partial charge in [0.2, 0.25) is 0 Å². The average molecular weight is 360 g/mol. The normalized spacial score (nSPS) is 18.9. The van der Waals surface area contributed by atoms with E-state index in [1.54, 1.807) is 11.8 Å². The standard InChI is InChI=1S/C15H19F3N4O3/c1-10-8-20(5-6-21(10)9-15(16,17)18)12-4-3-11(14(23)19-2)7-13(12)22(24)25/h3-4,7,10H,5-6,8-9H2,1-2H3,(H,19,23). The molecular formula is C15H19F3N4O3. The number of amides is 1. The molecule has 25 heavy (non-hydrogen) atoms. The molecule has 1 aromatic carbocycles. The van der Waals surface area contributed by atoms with Crippen LogP contribution in [0.4, 0.5) is 24.5 Å². The number of anilines is 1. The lowest BCUT2D eigenvalue weighted by atomic mass is 10.1. The van der Waals surface area contributed by atoms with Gasteiger partial charge < -0.3 is 10.2 Å². The largest absolute Gasteiger partial charge is 0.401 e. The Hall–Kier alpha value is -2.36. The number of halogens is 3. The monoisotopic (exact) mass is 360 g/mol. The van der Waals surface area contributed by atoms with Crippen LogP contribution in [0, 0.1) is 10.1 Å². The Bertz CT molecular complexity index is 666. The second kappa shape index (κ2) is 7.26. The molecule has 0 radical (unpaired) electrons. The maximum absolute atomic E-state index is 12.6. The van der Waals surface area contributed by atoms with Gasteiger partial charge >= 0.3 is 6.18 Å². The minimum Gasteiger partial charge on any atom is -0.363 e. The Labute approximate surface area is 142 Å². The van der Waals surface area contributed by atoms with Crippen LogP contribution in [0.25, 0.3) is 0 Å². The highest BCUT2D eigenvalue weighted by Crippen LogP contribution is 2.31. The van der Waals surface area contributed by atoms with Crippen LogP contribution in [0.15, 0.2) is 18.2 Å². The van der Waals surface area contributed by atoms with E-state index >= 15 is 0 Å². The van der Waals surface area contributed by atoms with Gasteiger partial charge in [-0.2, -0.15) is 13.2 Å². The highest BCUT2D eigenvalue weighted by Gasteiger charge is 2.36. The lowest BCUT2D eigenvalue weighted by Gasteiger charge is -2.40. The van der Waals surface area contributed by atoms with Crippen LogP contribution in [-0.4, -0.2) is 61.2 Å². The third-order valence-electron chi connectivity index (χ3n) is 4.15. The quantitative estimate of drug-likeness (QED) is 0.657. The fourth-order valence-electron chi connectivity index (χ4n) is 2.90. The maximum Gasteiger partial charge on any atom is 0.401 e. The van der Waals surface area contributed by atoms with E-state index < -0.39 is 29.6 Å². The first-order valence-corrected chi connectivity index (χ1v) is 7.68. The zero-order valence-corrected chi connectivity index (χ0v) is 13.8. The molecule has 1 unspecified atom stereocenters. The molecule has 1 aromatic rings. The van der Waals surface area contributed by atoms with E-state index in [2.05, 4.69) is 5.32 Å². The molecule has 0 aromatic heterocycles. The molecule has 0 bridgehead atoms. The van der Waals surface area contributed by atoms with Crippen molar-refractivity contribution in [2.45, 2.75) is 19.1 Å². The predicted molar refractivity (Wildman–Crippen MR) is 85.8 cm³/mol. The topological polar surface area (TPSA) is 78.7 Å². The van der Waals surface area contributed by atoms with Crippen LogP contribution in [0.3, 0.4) is 0 Å². The van der Waals surface area contributed by atoms with Gasteiger partial charge in [-0.15, -0.1) is 0 Å². The fourth-order valence-corrected chi connectivity index (χ4v) is 2.90. The number of rotatable bonds is 4. The van der Waals surface area contributed by atoms with Gasteiger partial charge in [0.25, 0.3) is 11.6 Å². The zero-order valence-electron chi connectivity index (χ0n) is 13.8. The van der Waals surface area contributed by atoms with Crippen LogP contribution < -0.4 is 10.2 Å². The van der Waals surface area contributed by atoms with E-state index in [1.165, 1.54) is 30.1 Å². The van der Waals surface area contributed by atoms with Gasteiger partial charge in [0.05, 0.1) is 11.5 Å². The third-order valence-corrected chi connectivity index (χ3v) is 4.15. The van der Waals surface area contributed by atoms with Gasteiger partial charge in [0.1, 0.15) is 5.69 Å². The smallest absolute Gasteiger partial charge is 0.363 e. The molecule has 1 N–H and O–H groups in total. The summed E-state index contributed by atoms with van der Waals surface area (Å²) in [6.45, 7) is 1.27. The summed E-state index contributed by atoms with van der Waals surface area (Å²) in [5.41, 5.74) is 0.218. The van der Waals surface area contributed by atoms with Crippen LogP contribution in [0.5, 0.6) is 0 Å². The second-order valence-electron chi connectivity index (χ2n) is 5.92. The summed E-state index contributed by atoms with van der Waals surface area (Å²) in [4.78, 5) is 25.4. The number of piperazine rings is 1. The van der Waals surface area contributed by atoms with Gasteiger partial charge in [-0.3, -0.25) is 19.8 Å². The first kappa shape index (κ1) is 19.0. The number of alkyl halides is 3. The van der Waals surface area contributed by atoms with Crippen molar-refractivity contribution in [3.63, 3.8) is 0 Å². The van der Waals surface area contributed by atoms with Gasteiger partial charge in [0, 0.05) is 44.4 Å². The van der Waals surface area contributed by atoms with E-state index in [1.807, 2.05) is 0 Å². The van der Waals surface area contributed by atoms with Crippen molar-refractivity contribution in [1.29, 1.82) is 0 Å². The summed E-state index contributed by atoms with van der Waals surface area (Å²) in [5, 5.41) is 13.7.